The minimum Gasteiger partial charge on any atom is -0.314 e. The van der Waals surface area contributed by atoms with Crippen molar-refractivity contribution >= 4 is 34.9 Å². The largest absolute Gasteiger partial charge is 0.314 e. The van der Waals surface area contributed by atoms with Crippen LogP contribution in [0.15, 0.2) is 12.3 Å². The Morgan fingerprint density at radius 1 is 1.43 bits per heavy atom. The summed E-state index contributed by atoms with van der Waals surface area (Å²) in [6.45, 7) is 4.35. The van der Waals surface area contributed by atoms with Crippen molar-refractivity contribution in [1.29, 1.82) is 0 Å². The van der Waals surface area contributed by atoms with Crippen molar-refractivity contribution in [3.05, 3.63) is 22.3 Å². The number of piperidine rings is 1. The molecule has 0 aliphatic carbocycles. The van der Waals surface area contributed by atoms with Gasteiger partial charge < -0.3 is 10.6 Å². The van der Waals surface area contributed by atoms with Crippen molar-refractivity contribution in [1.82, 2.24) is 15.2 Å². The lowest BCUT2D eigenvalue weighted by molar-refractivity contribution is -0.117. The number of aromatic nitrogens is 1. The van der Waals surface area contributed by atoms with E-state index in [-0.39, 0.29) is 11.4 Å². The molecule has 21 heavy (non-hydrogen) atoms. The average Bonchev–Trinajstić information content (AvgIpc) is 2.45. The zero-order valence-corrected chi connectivity index (χ0v) is 13.8. The van der Waals surface area contributed by atoms with E-state index in [9.17, 15) is 4.79 Å². The van der Waals surface area contributed by atoms with Gasteiger partial charge >= 0.3 is 0 Å². The summed E-state index contributed by atoms with van der Waals surface area (Å²) in [5.74, 6) is 0.239. The minimum absolute atomic E-state index is 0.111. The average molecular weight is 331 g/mol. The smallest absolute Gasteiger partial charge is 0.239 e. The van der Waals surface area contributed by atoms with E-state index in [1.807, 2.05) is 7.05 Å². The number of hydrogen-bond acceptors (Lipinski definition) is 4. The number of rotatable bonds is 4. The van der Waals surface area contributed by atoms with Gasteiger partial charge in [0.15, 0.2) is 5.82 Å². The lowest BCUT2D eigenvalue weighted by Gasteiger charge is -2.38. The first kappa shape index (κ1) is 16.5. The summed E-state index contributed by atoms with van der Waals surface area (Å²) in [6.07, 6.45) is 3.51. The molecule has 1 aliphatic rings. The maximum atomic E-state index is 12.0. The Labute approximate surface area is 135 Å². The molecular weight excluding hydrogens is 311 g/mol. The topological polar surface area (TPSA) is 57.3 Å². The summed E-state index contributed by atoms with van der Waals surface area (Å²) in [6, 6.07) is 1.56. The number of carbonyl (C=O) groups is 1. The fourth-order valence-corrected chi connectivity index (χ4v) is 2.76. The molecule has 1 fully saturated rings. The molecule has 7 heteroatoms. The second-order valence-electron chi connectivity index (χ2n) is 5.62. The first-order chi connectivity index (χ1) is 9.92. The lowest BCUT2D eigenvalue weighted by Crippen LogP contribution is -2.51. The van der Waals surface area contributed by atoms with E-state index in [0.29, 0.717) is 22.4 Å². The van der Waals surface area contributed by atoms with Crippen LogP contribution < -0.4 is 10.6 Å². The van der Waals surface area contributed by atoms with E-state index in [1.54, 1.807) is 6.07 Å². The van der Waals surface area contributed by atoms with Gasteiger partial charge in [-0.2, -0.15) is 0 Å². The predicted molar refractivity (Wildman–Crippen MR) is 86.0 cm³/mol. The number of pyridine rings is 1. The molecule has 0 unspecified atom stereocenters. The maximum absolute atomic E-state index is 12.0. The number of amides is 1. The molecule has 0 atom stereocenters. The standard InChI is InChI=1S/C14H20Cl2N4O/c1-14(17-2)3-5-20(6-4-14)9-12(21)19-13-11(16)7-10(15)8-18-13/h7-8,17H,3-6,9H2,1-2H3,(H,18,19,21). The highest BCUT2D eigenvalue weighted by Gasteiger charge is 2.28. The molecule has 116 valence electrons. The van der Waals surface area contributed by atoms with E-state index < -0.39 is 0 Å². The molecule has 1 aromatic heterocycles. The van der Waals surface area contributed by atoms with Gasteiger partial charge in [-0.1, -0.05) is 23.2 Å². The summed E-state index contributed by atoms with van der Waals surface area (Å²) in [7, 11) is 1.98. The van der Waals surface area contributed by atoms with Crippen LogP contribution in [0.4, 0.5) is 5.82 Å². The molecule has 0 bridgehead atoms. The number of halogens is 2. The first-order valence-electron chi connectivity index (χ1n) is 6.94. The number of hydrogen-bond donors (Lipinski definition) is 2. The van der Waals surface area contributed by atoms with Gasteiger partial charge in [0.05, 0.1) is 16.6 Å². The van der Waals surface area contributed by atoms with Crippen molar-refractivity contribution < 1.29 is 4.79 Å². The van der Waals surface area contributed by atoms with Crippen LogP contribution in [-0.4, -0.2) is 48.0 Å². The Morgan fingerprint density at radius 3 is 2.67 bits per heavy atom. The van der Waals surface area contributed by atoms with Crippen LogP contribution in [0.2, 0.25) is 10.0 Å². The molecule has 0 saturated carbocycles. The highest BCUT2D eigenvalue weighted by Crippen LogP contribution is 2.23. The number of anilines is 1. The van der Waals surface area contributed by atoms with E-state index in [2.05, 4.69) is 27.4 Å². The molecule has 1 aliphatic heterocycles. The van der Waals surface area contributed by atoms with E-state index in [4.69, 9.17) is 23.2 Å². The molecule has 1 aromatic rings. The number of nitrogens with one attached hydrogen (secondary N) is 2. The fraction of sp³-hybridized carbons (Fsp3) is 0.571. The van der Waals surface area contributed by atoms with E-state index >= 15 is 0 Å². The molecule has 5 nitrogen and oxygen atoms in total. The summed E-state index contributed by atoms with van der Waals surface area (Å²) < 4.78 is 0. The molecule has 1 amide bonds. The van der Waals surface area contributed by atoms with Crippen molar-refractivity contribution in [3.8, 4) is 0 Å². The van der Waals surface area contributed by atoms with Crippen molar-refractivity contribution in [2.24, 2.45) is 0 Å². The highest BCUT2D eigenvalue weighted by molar-refractivity contribution is 6.36. The van der Waals surface area contributed by atoms with Crippen LogP contribution in [0, 0.1) is 0 Å². The normalized spacial score (nSPS) is 18.5. The monoisotopic (exact) mass is 330 g/mol. The SMILES string of the molecule is CNC1(C)CCN(CC(=O)Nc2ncc(Cl)cc2Cl)CC1. The van der Waals surface area contributed by atoms with Gasteiger partial charge in [-0.25, -0.2) is 4.98 Å². The van der Waals surface area contributed by atoms with Crippen LogP contribution in [0.1, 0.15) is 19.8 Å². The van der Waals surface area contributed by atoms with Crippen LogP contribution >= 0.6 is 23.2 Å². The second-order valence-corrected chi connectivity index (χ2v) is 6.46. The molecule has 1 saturated heterocycles. The van der Waals surface area contributed by atoms with E-state index in [1.165, 1.54) is 6.20 Å². The molecule has 0 aromatic carbocycles. The predicted octanol–water partition coefficient (Wildman–Crippen LogP) is 2.40. The third kappa shape index (κ3) is 4.54. The van der Waals surface area contributed by atoms with Gasteiger partial charge in [-0.3, -0.25) is 9.69 Å². The second kappa shape index (κ2) is 6.92. The molecule has 2 heterocycles. The van der Waals surface area contributed by atoms with Gasteiger partial charge in [0, 0.05) is 24.8 Å². The minimum atomic E-state index is -0.111. The highest BCUT2D eigenvalue weighted by atomic mass is 35.5. The summed E-state index contributed by atoms with van der Waals surface area (Å²) in [5, 5.41) is 6.85. The van der Waals surface area contributed by atoms with Gasteiger partial charge in [-0.15, -0.1) is 0 Å². The quantitative estimate of drug-likeness (QED) is 0.890. The Bertz CT molecular complexity index is 516. The lowest BCUT2D eigenvalue weighted by atomic mass is 9.90. The fourth-order valence-electron chi connectivity index (χ4n) is 2.34. The number of nitrogens with zero attached hydrogens (tertiary/aromatic N) is 2. The maximum Gasteiger partial charge on any atom is 0.239 e. The van der Waals surface area contributed by atoms with Gasteiger partial charge in [0.25, 0.3) is 0 Å². The summed E-state index contributed by atoms with van der Waals surface area (Å²) in [4.78, 5) is 18.2. The van der Waals surface area contributed by atoms with Crippen LogP contribution in [0.3, 0.4) is 0 Å². The van der Waals surface area contributed by atoms with Crippen molar-refractivity contribution in [2.45, 2.75) is 25.3 Å². The zero-order valence-electron chi connectivity index (χ0n) is 12.2. The van der Waals surface area contributed by atoms with E-state index in [0.717, 1.165) is 25.9 Å². The third-order valence-electron chi connectivity index (χ3n) is 4.00. The zero-order chi connectivity index (χ0) is 15.5. The molecular formula is C14H20Cl2N4O. The van der Waals surface area contributed by atoms with Crippen molar-refractivity contribution in [3.63, 3.8) is 0 Å². The first-order valence-corrected chi connectivity index (χ1v) is 7.70. The van der Waals surface area contributed by atoms with Gasteiger partial charge in [0.1, 0.15) is 0 Å². The molecule has 2 rings (SSSR count). The Kier molecular flexibility index (Phi) is 5.43. The molecule has 0 radical (unpaired) electrons. The van der Waals surface area contributed by atoms with Crippen LogP contribution in [0.5, 0.6) is 0 Å². The molecule has 0 spiro atoms. The Balaban J connectivity index is 1.85. The third-order valence-corrected chi connectivity index (χ3v) is 4.49. The van der Waals surface area contributed by atoms with Crippen LogP contribution in [0.25, 0.3) is 0 Å². The Hall–Kier alpha value is -0.880. The molecule has 2 N–H and O–H groups in total. The van der Waals surface area contributed by atoms with Crippen molar-refractivity contribution in [2.75, 3.05) is 32.0 Å². The number of carbonyl (C=O) groups excluding carboxylic acids is 1. The van der Waals surface area contributed by atoms with Gasteiger partial charge in [0.2, 0.25) is 5.91 Å². The summed E-state index contributed by atoms with van der Waals surface area (Å²) in [5.41, 5.74) is 0.175. The van der Waals surface area contributed by atoms with Crippen LogP contribution in [-0.2, 0) is 4.79 Å². The number of likely N-dealkylation sites (tertiary alicyclic amines) is 1. The van der Waals surface area contributed by atoms with Gasteiger partial charge in [-0.05, 0) is 32.9 Å². The Morgan fingerprint density at radius 2 is 2.10 bits per heavy atom. The summed E-state index contributed by atoms with van der Waals surface area (Å²) >= 11 is 11.8.